The number of fused-ring (bicyclic) bond motifs is 1. The van der Waals surface area contributed by atoms with Gasteiger partial charge in [0.1, 0.15) is 5.82 Å². The highest BCUT2D eigenvalue weighted by molar-refractivity contribution is 7.89. The van der Waals surface area contributed by atoms with Gasteiger partial charge < -0.3 is 9.88 Å². The van der Waals surface area contributed by atoms with Crippen LogP contribution in [0.15, 0.2) is 12.4 Å². The first-order chi connectivity index (χ1) is 9.65. The molecule has 0 saturated carbocycles. The maximum atomic E-state index is 12.4. The van der Waals surface area contributed by atoms with Crippen molar-refractivity contribution in [2.75, 3.05) is 45.0 Å². The molecule has 1 saturated heterocycles. The molecule has 1 N–H and O–H groups in total. The van der Waals surface area contributed by atoms with Crippen LogP contribution >= 0.6 is 0 Å². The van der Waals surface area contributed by atoms with Crippen molar-refractivity contribution in [3.63, 3.8) is 0 Å². The largest absolute Gasteiger partial charge is 0.333 e. The number of hydrogen-bond donors (Lipinski definition) is 1. The van der Waals surface area contributed by atoms with E-state index in [4.69, 9.17) is 0 Å². The number of nitrogens with zero attached hydrogens (tertiary/aromatic N) is 4. The predicted octanol–water partition coefficient (Wildman–Crippen LogP) is -1.07. The summed E-state index contributed by atoms with van der Waals surface area (Å²) in [5.41, 5.74) is 0. The average Bonchev–Trinajstić information content (AvgIpc) is 2.94. The maximum Gasteiger partial charge on any atom is 0.215 e. The number of hydrogen-bond acceptors (Lipinski definition) is 5. The smallest absolute Gasteiger partial charge is 0.215 e. The number of imidazole rings is 1. The Labute approximate surface area is 119 Å². The molecule has 0 radical (unpaired) electrons. The number of sulfonamides is 1. The standard InChI is InChI=1S/C12H21N5O2S/c18-20(19,10-9-15-4-1-13-2-5-15)17-8-7-16-6-3-14-12(16)11-17/h3,6,13H,1-2,4-5,7-11H2. The van der Waals surface area contributed by atoms with E-state index < -0.39 is 10.0 Å². The van der Waals surface area contributed by atoms with Crippen molar-refractivity contribution in [3.05, 3.63) is 18.2 Å². The third kappa shape index (κ3) is 3.03. The SMILES string of the molecule is O=S(=O)(CCN1CCNCC1)N1CCn2ccnc2C1. The third-order valence-electron chi connectivity index (χ3n) is 3.98. The number of piperazine rings is 1. The van der Waals surface area contributed by atoms with Gasteiger partial charge in [-0.15, -0.1) is 0 Å². The molecule has 0 spiro atoms. The molecule has 0 unspecified atom stereocenters. The molecule has 2 aliphatic heterocycles. The van der Waals surface area contributed by atoms with E-state index in [0.717, 1.165) is 32.0 Å². The molecule has 0 aromatic carbocycles. The summed E-state index contributed by atoms with van der Waals surface area (Å²) in [5.74, 6) is 1.04. The molecule has 1 aromatic heterocycles. The van der Waals surface area contributed by atoms with Gasteiger partial charge in [0, 0.05) is 58.2 Å². The lowest BCUT2D eigenvalue weighted by Crippen LogP contribution is -2.47. The second-order valence-corrected chi connectivity index (χ2v) is 7.37. The van der Waals surface area contributed by atoms with Crippen molar-refractivity contribution in [2.24, 2.45) is 0 Å². The summed E-state index contributed by atoms with van der Waals surface area (Å²) < 4.78 is 28.4. The van der Waals surface area contributed by atoms with Crippen molar-refractivity contribution in [2.45, 2.75) is 13.1 Å². The number of aromatic nitrogens is 2. The second-order valence-electron chi connectivity index (χ2n) is 5.28. The Bertz CT molecular complexity index is 550. The van der Waals surface area contributed by atoms with Gasteiger partial charge in [-0.1, -0.05) is 0 Å². The highest BCUT2D eigenvalue weighted by atomic mass is 32.2. The van der Waals surface area contributed by atoms with Crippen LogP contribution in [0.5, 0.6) is 0 Å². The summed E-state index contributed by atoms with van der Waals surface area (Å²) in [6, 6.07) is 0. The third-order valence-corrected chi connectivity index (χ3v) is 5.78. The van der Waals surface area contributed by atoms with Gasteiger partial charge in [0.2, 0.25) is 10.0 Å². The Morgan fingerprint density at radius 1 is 1.20 bits per heavy atom. The first-order valence-electron chi connectivity index (χ1n) is 7.06. The molecular weight excluding hydrogens is 278 g/mol. The first kappa shape index (κ1) is 14.0. The van der Waals surface area contributed by atoms with E-state index in [-0.39, 0.29) is 5.75 Å². The Morgan fingerprint density at radius 3 is 2.80 bits per heavy atom. The van der Waals surface area contributed by atoms with E-state index in [1.165, 1.54) is 0 Å². The van der Waals surface area contributed by atoms with Crippen molar-refractivity contribution in [1.29, 1.82) is 0 Å². The van der Waals surface area contributed by atoms with Gasteiger partial charge in [-0.05, 0) is 0 Å². The fourth-order valence-electron chi connectivity index (χ4n) is 2.70. The van der Waals surface area contributed by atoms with Crippen molar-refractivity contribution in [1.82, 2.24) is 24.1 Å². The summed E-state index contributed by atoms with van der Waals surface area (Å²) in [7, 11) is -3.19. The molecule has 0 atom stereocenters. The molecule has 0 bridgehead atoms. The summed E-state index contributed by atoms with van der Waals surface area (Å²) >= 11 is 0. The van der Waals surface area contributed by atoms with Gasteiger partial charge in [0.15, 0.2) is 0 Å². The molecule has 0 aliphatic carbocycles. The normalized spacial score (nSPS) is 21.8. The van der Waals surface area contributed by atoms with Crippen LogP contribution in [0.3, 0.4) is 0 Å². The van der Waals surface area contributed by atoms with Crippen molar-refractivity contribution < 1.29 is 8.42 Å². The highest BCUT2D eigenvalue weighted by Gasteiger charge is 2.27. The van der Waals surface area contributed by atoms with Gasteiger partial charge in [-0.3, -0.25) is 4.90 Å². The molecule has 8 heteroatoms. The van der Waals surface area contributed by atoms with Crippen LogP contribution in [0.25, 0.3) is 0 Å². The van der Waals surface area contributed by atoms with Gasteiger partial charge in [0.25, 0.3) is 0 Å². The summed E-state index contributed by atoms with van der Waals surface area (Å²) in [6.07, 6.45) is 3.63. The van der Waals surface area contributed by atoms with E-state index in [2.05, 4.69) is 15.2 Å². The molecule has 112 valence electrons. The zero-order chi connectivity index (χ0) is 14.0. The number of nitrogens with one attached hydrogen (secondary N) is 1. The lowest BCUT2D eigenvalue weighted by Gasteiger charge is -2.30. The summed E-state index contributed by atoms with van der Waals surface area (Å²) in [6.45, 7) is 6.02. The summed E-state index contributed by atoms with van der Waals surface area (Å²) in [4.78, 5) is 6.42. The van der Waals surface area contributed by atoms with Crippen LogP contribution in [0.2, 0.25) is 0 Å². The molecule has 3 heterocycles. The van der Waals surface area contributed by atoms with Crippen LogP contribution in [-0.4, -0.2) is 72.2 Å². The van der Waals surface area contributed by atoms with Crippen LogP contribution in [0, 0.1) is 0 Å². The quantitative estimate of drug-likeness (QED) is 0.767. The predicted molar refractivity (Wildman–Crippen MR) is 75.7 cm³/mol. The monoisotopic (exact) mass is 299 g/mol. The van der Waals surface area contributed by atoms with E-state index in [0.29, 0.717) is 26.2 Å². The minimum absolute atomic E-state index is 0.202. The molecule has 0 amide bonds. The second kappa shape index (κ2) is 5.80. The fraction of sp³-hybridized carbons (Fsp3) is 0.750. The average molecular weight is 299 g/mol. The minimum atomic E-state index is -3.19. The van der Waals surface area contributed by atoms with Gasteiger partial charge in [0.05, 0.1) is 12.3 Å². The molecular formula is C12H21N5O2S. The first-order valence-corrected chi connectivity index (χ1v) is 8.67. The molecule has 1 aromatic rings. The molecule has 1 fully saturated rings. The van der Waals surface area contributed by atoms with E-state index in [1.807, 2.05) is 10.8 Å². The highest BCUT2D eigenvalue weighted by Crippen LogP contribution is 2.14. The van der Waals surface area contributed by atoms with Crippen LogP contribution in [0.1, 0.15) is 5.82 Å². The van der Waals surface area contributed by atoms with E-state index in [1.54, 1.807) is 10.5 Å². The maximum absolute atomic E-state index is 12.4. The minimum Gasteiger partial charge on any atom is -0.333 e. The van der Waals surface area contributed by atoms with Gasteiger partial charge >= 0.3 is 0 Å². The Morgan fingerprint density at radius 2 is 2.00 bits per heavy atom. The Hall–Kier alpha value is -0.960. The zero-order valence-electron chi connectivity index (χ0n) is 11.5. The lowest BCUT2D eigenvalue weighted by atomic mass is 10.4. The van der Waals surface area contributed by atoms with Crippen LogP contribution in [-0.2, 0) is 23.1 Å². The van der Waals surface area contributed by atoms with Crippen LogP contribution in [0.4, 0.5) is 0 Å². The van der Waals surface area contributed by atoms with E-state index in [9.17, 15) is 8.42 Å². The van der Waals surface area contributed by atoms with Crippen LogP contribution < -0.4 is 5.32 Å². The van der Waals surface area contributed by atoms with E-state index >= 15 is 0 Å². The molecule has 7 nitrogen and oxygen atoms in total. The number of rotatable bonds is 4. The van der Waals surface area contributed by atoms with Gasteiger partial charge in [-0.25, -0.2) is 13.4 Å². The van der Waals surface area contributed by atoms with Gasteiger partial charge in [-0.2, -0.15) is 4.31 Å². The van der Waals surface area contributed by atoms with Crippen molar-refractivity contribution in [3.8, 4) is 0 Å². The molecule has 3 rings (SSSR count). The zero-order valence-corrected chi connectivity index (χ0v) is 12.3. The Balaban J connectivity index is 1.58. The Kier molecular flexibility index (Phi) is 4.06. The summed E-state index contributed by atoms with van der Waals surface area (Å²) in [5, 5.41) is 3.27. The molecule has 2 aliphatic rings. The topological polar surface area (TPSA) is 70.5 Å². The fourth-order valence-corrected chi connectivity index (χ4v) is 4.12. The lowest BCUT2D eigenvalue weighted by molar-refractivity contribution is 0.251. The molecule has 20 heavy (non-hydrogen) atoms. The van der Waals surface area contributed by atoms with Crippen molar-refractivity contribution >= 4 is 10.0 Å².